The Labute approximate surface area is 126 Å². The first-order valence-electron chi connectivity index (χ1n) is 8.41. The highest BCUT2D eigenvalue weighted by Gasteiger charge is 2.29. The van der Waals surface area contributed by atoms with Gasteiger partial charge in [-0.25, -0.2) is 0 Å². The molecule has 0 aliphatic heterocycles. The van der Waals surface area contributed by atoms with E-state index in [0.29, 0.717) is 5.41 Å². The van der Waals surface area contributed by atoms with Crippen molar-refractivity contribution in [2.45, 2.75) is 65.2 Å². The molecule has 1 unspecified atom stereocenters. The van der Waals surface area contributed by atoms with E-state index in [-0.39, 0.29) is 0 Å². The first-order chi connectivity index (χ1) is 9.64. The van der Waals surface area contributed by atoms with Gasteiger partial charge in [0.15, 0.2) is 0 Å². The number of nitrogens with one attached hydrogen (secondary N) is 1. The van der Waals surface area contributed by atoms with Crippen LogP contribution < -0.4 is 5.32 Å². The minimum atomic E-state index is 0.311. The molecule has 0 saturated heterocycles. The fourth-order valence-corrected chi connectivity index (χ4v) is 2.99. The zero-order valence-electron chi connectivity index (χ0n) is 13.9. The van der Waals surface area contributed by atoms with Crippen molar-refractivity contribution in [2.24, 2.45) is 5.92 Å². The highest BCUT2D eigenvalue weighted by atomic mass is 14.9. The van der Waals surface area contributed by atoms with Gasteiger partial charge in [0.1, 0.15) is 0 Å². The van der Waals surface area contributed by atoms with Crippen LogP contribution in [0.15, 0.2) is 30.3 Å². The lowest BCUT2D eigenvalue weighted by Crippen LogP contribution is -2.38. The topological polar surface area (TPSA) is 12.0 Å². The molecule has 114 valence electrons. The molecule has 1 atom stereocenters. The zero-order chi connectivity index (χ0) is 14.8. The van der Waals surface area contributed by atoms with Crippen LogP contribution in [0.3, 0.4) is 0 Å². The Hall–Kier alpha value is -0.820. The molecule has 20 heavy (non-hydrogen) atoms. The maximum absolute atomic E-state index is 3.66. The lowest BCUT2D eigenvalue weighted by atomic mass is 9.73. The minimum Gasteiger partial charge on any atom is -0.316 e. The average Bonchev–Trinajstić information content (AvgIpc) is 2.46. The Kier molecular flexibility index (Phi) is 7.91. The Morgan fingerprint density at radius 1 is 1.10 bits per heavy atom. The molecule has 0 saturated carbocycles. The SMILES string of the molecule is CCCNCC(CC)(CCCC(C)C)c1ccccc1. The van der Waals surface area contributed by atoms with Crippen molar-refractivity contribution in [3.63, 3.8) is 0 Å². The molecule has 0 radical (unpaired) electrons. The summed E-state index contributed by atoms with van der Waals surface area (Å²) in [5.74, 6) is 0.809. The van der Waals surface area contributed by atoms with Crippen molar-refractivity contribution in [3.8, 4) is 0 Å². The molecule has 0 fully saturated rings. The molecule has 0 aliphatic carbocycles. The van der Waals surface area contributed by atoms with E-state index >= 15 is 0 Å². The minimum absolute atomic E-state index is 0.311. The van der Waals surface area contributed by atoms with Gasteiger partial charge in [0.25, 0.3) is 0 Å². The highest BCUT2D eigenvalue weighted by molar-refractivity contribution is 5.25. The van der Waals surface area contributed by atoms with Crippen molar-refractivity contribution >= 4 is 0 Å². The van der Waals surface area contributed by atoms with Crippen molar-refractivity contribution in [2.75, 3.05) is 13.1 Å². The summed E-state index contributed by atoms with van der Waals surface area (Å²) in [4.78, 5) is 0. The maximum Gasteiger partial charge on any atom is 0.00751 e. The fourth-order valence-electron chi connectivity index (χ4n) is 2.99. The first kappa shape index (κ1) is 17.2. The average molecular weight is 275 g/mol. The largest absolute Gasteiger partial charge is 0.316 e. The second kappa shape index (κ2) is 9.18. The van der Waals surface area contributed by atoms with E-state index in [4.69, 9.17) is 0 Å². The highest BCUT2D eigenvalue weighted by Crippen LogP contribution is 2.33. The summed E-state index contributed by atoms with van der Waals surface area (Å²) in [6, 6.07) is 11.1. The Morgan fingerprint density at radius 3 is 2.35 bits per heavy atom. The Balaban J connectivity index is 2.79. The van der Waals surface area contributed by atoms with Gasteiger partial charge in [0.05, 0.1) is 0 Å². The van der Waals surface area contributed by atoms with Crippen LogP contribution in [-0.4, -0.2) is 13.1 Å². The van der Waals surface area contributed by atoms with Gasteiger partial charge in [0.2, 0.25) is 0 Å². The predicted octanol–water partition coefficient (Wildman–Crippen LogP) is 5.16. The van der Waals surface area contributed by atoms with Crippen LogP contribution in [0.25, 0.3) is 0 Å². The summed E-state index contributed by atoms with van der Waals surface area (Å²) in [6.45, 7) is 11.5. The van der Waals surface area contributed by atoms with E-state index in [9.17, 15) is 0 Å². The number of benzene rings is 1. The molecule has 0 amide bonds. The van der Waals surface area contributed by atoms with E-state index in [1.165, 1.54) is 37.7 Å². The lowest BCUT2D eigenvalue weighted by Gasteiger charge is -2.34. The molecule has 0 spiro atoms. The Morgan fingerprint density at radius 2 is 1.80 bits per heavy atom. The van der Waals surface area contributed by atoms with E-state index in [2.05, 4.69) is 63.3 Å². The van der Waals surface area contributed by atoms with Gasteiger partial charge in [-0.1, -0.05) is 70.9 Å². The predicted molar refractivity (Wildman–Crippen MR) is 90.3 cm³/mol. The van der Waals surface area contributed by atoms with Gasteiger partial charge in [0, 0.05) is 12.0 Å². The van der Waals surface area contributed by atoms with Crippen LogP contribution in [0.4, 0.5) is 0 Å². The normalized spacial score (nSPS) is 14.4. The second-order valence-electron chi connectivity index (χ2n) is 6.46. The summed E-state index contributed by atoms with van der Waals surface area (Å²) in [6.07, 6.45) is 6.38. The van der Waals surface area contributed by atoms with Crippen LogP contribution in [-0.2, 0) is 5.41 Å². The third-order valence-corrected chi connectivity index (χ3v) is 4.39. The molecule has 1 rings (SSSR count). The molecule has 0 aliphatic rings. The van der Waals surface area contributed by atoms with E-state index in [1.807, 2.05) is 0 Å². The van der Waals surface area contributed by atoms with Crippen molar-refractivity contribution in [3.05, 3.63) is 35.9 Å². The van der Waals surface area contributed by atoms with Crippen molar-refractivity contribution in [1.29, 1.82) is 0 Å². The van der Waals surface area contributed by atoms with Gasteiger partial charge in [-0.3, -0.25) is 0 Å². The van der Waals surface area contributed by atoms with Gasteiger partial charge in [-0.05, 0) is 37.3 Å². The third-order valence-electron chi connectivity index (χ3n) is 4.39. The van der Waals surface area contributed by atoms with E-state index in [0.717, 1.165) is 19.0 Å². The molecule has 1 aromatic carbocycles. The lowest BCUT2D eigenvalue weighted by molar-refractivity contribution is 0.333. The Bertz CT molecular complexity index is 344. The number of hydrogen-bond donors (Lipinski definition) is 1. The first-order valence-corrected chi connectivity index (χ1v) is 8.41. The van der Waals surface area contributed by atoms with Gasteiger partial charge < -0.3 is 5.32 Å². The van der Waals surface area contributed by atoms with Crippen LogP contribution in [0, 0.1) is 5.92 Å². The summed E-state index contributed by atoms with van der Waals surface area (Å²) >= 11 is 0. The molecule has 1 heteroatoms. The van der Waals surface area contributed by atoms with Crippen LogP contribution in [0.1, 0.15) is 65.4 Å². The number of rotatable bonds is 10. The summed E-state index contributed by atoms with van der Waals surface area (Å²) in [5.41, 5.74) is 1.82. The molecule has 0 bridgehead atoms. The zero-order valence-corrected chi connectivity index (χ0v) is 13.9. The molecule has 1 aromatic rings. The smallest absolute Gasteiger partial charge is 0.00751 e. The van der Waals surface area contributed by atoms with Gasteiger partial charge in [-0.15, -0.1) is 0 Å². The molecule has 0 aromatic heterocycles. The second-order valence-corrected chi connectivity index (χ2v) is 6.46. The van der Waals surface area contributed by atoms with Crippen molar-refractivity contribution < 1.29 is 0 Å². The van der Waals surface area contributed by atoms with Gasteiger partial charge >= 0.3 is 0 Å². The molecule has 1 N–H and O–H groups in total. The van der Waals surface area contributed by atoms with Crippen LogP contribution in [0.2, 0.25) is 0 Å². The van der Waals surface area contributed by atoms with Crippen molar-refractivity contribution in [1.82, 2.24) is 5.32 Å². The van der Waals surface area contributed by atoms with E-state index < -0.39 is 0 Å². The molecule has 1 nitrogen and oxygen atoms in total. The van der Waals surface area contributed by atoms with Crippen LogP contribution in [0.5, 0.6) is 0 Å². The summed E-state index contributed by atoms with van der Waals surface area (Å²) in [5, 5.41) is 3.66. The number of hydrogen-bond acceptors (Lipinski definition) is 1. The quantitative estimate of drug-likeness (QED) is 0.582. The van der Waals surface area contributed by atoms with Crippen LogP contribution >= 0.6 is 0 Å². The molecule has 0 heterocycles. The summed E-state index contributed by atoms with van der Waals surface area (Å²) < 4.78 is 0. The third kappa shape index (κ3) is 5.28. The van der Waals surface area contributed by atoms with E-state index in [1.54, 1.807) is 0 Å². The fraction of sp³-hybridized carbons (Fsp3) is 0.684. The molecular formula is C19H33N. The van der Waals surface area contributed by atoms with Gasteiger partial charge in [-0.2, -0.15) is 0 Å². The molecular weight excluding hydrogens is 242 g/mol. The monoisotopic (exact) mass is 275 g/mol. The maximum atomic E-state index is 3.66. The standard InChI is InChI=1S/C19H33N/c1-5-15-20-16-19(6-2,14-10-11-17(3)4)18-12-8-7-9-13-18/h7-9,12-13,17,20H,5-6,10-11,14-16H2,1-4H3. The summed E-state index contributed by atoms with van der Waals surface area (Å²) in [7, 11) is 0.